The first-order valence-electron chi connectivity index (χ1n) is 8.53. The van der Waals surface area contributed by atoms with Crippen LogP contribution in [0.3, 0.4) is 0 Å². The van der Waals surface area contributed by atoms with Crippen LogP contribution in [0.1, 0.15) is 64.7 Å². The van der Waals surface area contributed by atoms with Gasteiger partial charge in [-0.2, -0.15) is 0 Å². The number of imide groups is 1. The van der Waals surface area contributed by atoms with Crippen molar-refractivity contribution >= 4 is 23.7 Å². The molecular weight excluding hydrogens is 314 g/mol. The fourth-order valence-corrected chi connectivity index (χ4v) is 2.25. The SMILES string of the molecule is CCC(N)CCCCNC(=O)CCCC(=O)ON1C(=O)CCC1=O. The molecule has 24 heavy (non-hydrogen) atoms. The summed E-state index contributed by atoms with van der Waals surface area (Å²) in [4.78, 5) is 50.5. The van der Waals surface area contributed by atoms with Gasteiger partial charge in [-0.25, -0.2) is 4.79 Å². The molecule has 1 aliphatic heterocycles. The van der Waals surface area contributed by atoms with Gasteiger partial charge in [0.2, 0.25) is 5.91 Å². The summed E-state index contributed by atoms with van der Waals surface area (Å²) in [5.74, 6) is -1.82. The van der Waals surface area contributed by atoms with Gasteiger partial charge in [-0.1, -0.05) is 13.3 Å². The number of unbranched alkanes of at least 4 members (excludes halogenated alkanes) is 1. The van der Waals surface area contributed by atoms with Crippen LogP contribution in [0.15, 0.2) is 0 Å². The minimum Gasteiger partial charge on any atom is -0.356 e. The van der Waals surface area contributed by atoms with Gasteiger partial charge in [-0.05, 0) is 25.7 Å². The molecular formula is C16H27N3O5. The first kappa shape index (κ1) is 20.1. The molecule has 0 aliphatic carbocycles. The molecule has 0 saturated carbocycles. The number of nitrogens with one attached hydrogen (secondary N) is 1. The second kappa shape index (κ2) is 10.7. The van der Waals surface area contributed by atoms with E-state index in [1.54, 1.807) is 0 Å². The van der Waals surface area contributed by atoms with E-state index in [0.29, 0.717) is 18.0 Å². The summed E-state index contributed by atoms with van der Waals surface area (Å²) < 4.78 is 0. The number of hydrogen-bond acceptors (Lipinski definition) is 6. The van der Waals surface area contributed by atoms with Crippen molar-refractivity contribution in [3.8, 4) is 0 Å². The number of amides is 3. The van der Waals surface area contributed by atoms with Crippen LogP contribution in [-0.4, -0.2) is 41.3 Å². The Morgan fingerprint density at radius 3 is 2.46 bits per heavy atom. The number of nitrogens with zero attached hydrogens (tertiary/aromatic N) is 1. The van der Waals surface area contributed by atoms with Crippen LogP contribution in [-0.2, 0) is 24.0 Å². The van der Waals surface area contributed by atoms with E-state index in [1.165, 1.54) is 0 Å². The van der Waals surface area contributed by atoms with Crippen LogP contribution in [0.4, 0.5) is 0 Å². The average molecular weight is 341 g/mol. The summed E-state index contributed by atoms with van der Waals surface area (Å²) in [6.07, 6.45) is 4.38. The Balaban J connectivity index is 2.05. The summed E-state index contributed by atoms with van der Waals surface area (Å²) in [7, 11) is 0. The highest BCUT2D eigenvalue weighted by atomic mass is 16.7. The predicted molar refractivity (Wildman–Crippen MR) is 86.2 cm³/mol. The van der Waals surface area contributed by atoms with Gasteiger partial charge in [0.15, 0.2) is 0 Å². The van der Waals surface area contributed by atoms with Gasteiger partial charge in [0, 0.05) is 38.3 Å². The zero-order chi connectivity index (χ0) is 17.9. The molecule has 1 aliphatic rings. The quantitative estimate of drug-likeness (QED) is 0.423. The summed E-state index contributed by atoms with van der Waals surface area (Å²) in [6.45, 7) is 2.64. The molecule has 136 valence electrons. The Morgan fingerprint density at radius 1 is 1.17 bits per heavy atom. The van der Waals surface area contributed by atoms with E-state index in [9.17, 15) is 19.2 Å². The molecule has 1 saturated heterocycles. The number of rotatable bonds is 11. The lowest BCUT2D eigenvalue weighted by atomic mass is 10.1. The first-order chi connectivity index (χ1) is 11.4. The topological polar surface area (TPSA) is 119 Å². The lowest BCUT2D eigenvalue weighted by molar-refractivity contribution is -0.197. The third-order valence-electron chi connectivity index (χ3n) is 3.83. The summed E-state index contributed by atoms with van der Waals surface area (Å²) in [5.41, 5.74) is 5.81. The maximum Gasteiger partial charge on any atom is 0.333 e. The standard InChI is InChI=1S/C16H27N3O5/c1-2-12(17)6-3-4-11-18-13(20)7-5-8-16(23)24-19-14(21)9-10-15(19)22/h12H,2-11,17H2,1H3,(H,18,20). The number of carbonyl (C=O) groups is 4. The zero-order valence-electron chi connectivity index (χ0n) is 14.2. The Hall–Kier alpha value is -1.96. The van der Waals surface area contributed by atoms with E-state index in [1.807, 2.05) is 6.92 Å². The molecule has 0 aromatic rings. The highest BCUT2D eigenvalue weighted by molar-refractivity contribution is 6.01. The van der Waals surface area contributed by atoms with E-state index in [2.05, 4.69) is 5.32 Å². The van der Waals surface area contributed by atoms with Gasteiger partial charge < -0.3 is 15.9 Å². The van der Waals surface area contributed by atoms with Gasteiger partial charge in [0.25, 0.3) is 11.8 Å². The van der Waals surface area contributed by atoms with Crippen molar-refractivity contribution in [1.29, 1.82) is 0 Å². The minimum absolute atomic E-state index is 0.0180. The highest BCUT2D eigenvalue weighted by Crippen LogP contribution is 2.13. The molecule has 1 unspecified atom stereocenters. The van der Waals surface area contributed by atoms with Crippen molar-refractivity contribution in [2.24, 2.45) is 5.73 Å². The molecule has 1 fully saturated rings. The fourth-order valence-electron chi connectivity index (χ4n) is 2.25. The Kier molecular flexibility index (Phi) is 8.99. The van der Waals surface area contributed by atoms with E-state index < -0.39 is 17.8 Å². The molecule has 0 radical (unpaired) electrons. The van der Waals surface area contributed by atoms with Crippen LogP contribution in [0.2, 0.25) is 0 Å². The minimum atomic E-state index is -0.681. The van der Waals surface area contributed by atoms with E-state index >= 15 is 0 Å². The molecule has 0 aromatic heterocycles. The average Bonchev–Trinajstić information content (AvgIpc) is 2.86. The van der Waals surface area contributed by atoms with Gasteiger partial charge >= 0.3 is 5.97 Å². The van der Waals surface area contributed by atoms with E-state index in [0.717, 1.165) is 25.7 Å². The van der Waals surface area contributed by atoms with Crippen molar-refractivity contribution in [3.05, 3.63) is 0 Å². The Labute approximate surface area is 142 Å². The normalized spacial score (nSPS) is 15.5. The van der Waals surface area contributed by atoms with E-state index in [-0.39, 0.29) is 37.6 Å². The van der Waals surface area contributed by atoms with Crippen molar-refractivity contribution < 1.29 is 24.0 Å². The fraction of sp³-hybridized carbons (Fsp3) is 0.750. The Morgan fingerprint density at radius 2 is 1.83 bits per heavy atom. The molecule has 0 bridgehead atoms. The second-order valence-electron chi connectivity index (χ2n) is 5.91. The van der Waals surface area contributed by atoms with Gasteiger partial charge in [0.05, 0.1) is 0 Å². The van der Waals surface area contributed by atoms with Gasteiger partial charge in [-0.3, -0.25) is 14.4 Å². The third-order valence-corrected chi connectivity index (χ3v) is 3.83. The van der Waals surface area contributed by atoms with Crippen molar-refractivity contribution in [1.82, 2.24) is 10.4 Å². The van der Waals surface area contributed by atoms with Crippen molar-refractivity contribution in [2.75, 3.05) is 6.54 Å². The molecule has 0 spiro atoms. The largest absolute Gasteiger partial charge is 0.356 e. The molecule has 3 N–H and O–H groups in total. The lowest BCUT2D eigenvalue weighted by Gasteiger charge is -2.12. The molecule has 1 heterocycles. The smallest absolute Gasteiger partial charge is 0.333 e. The third kappa shape index (κ3) is 7.54. The van der Waals surface area contributed by atoms with Crippen molar-refractivity contribution in [2.45, 2.75) is 70.8 Å². The zero-order valence-corrected chi connectivity index (χ0v) is 14.2. The van der Waals surface area contributed by atoms with E-state index in [4.69, 9.17) is 10.6 Å². The maximum absolute atomic E-state index is 11.6. The number of nitrogens with two attached hydrogens (primary N) is 1. The molecule has 3 amide bonds. The van der Waals surface area contributed by atoms with Crippen LogP contribution in [0.25, 0.3) is 0 Å². The molecule has 1 atom stereocenters. The van der Waals surface area contributed by atoms with Gasteiger partial charge in [0.1, 0.15) is 0 Å². The molecule has 0 aromatic carbocycles. The van der Waals surface area contributed by atoms with Crippen LogP contribution in [0.5, 0.6) is 0 Å². The molecule has 8 nitrogen and oxygen atoms in total. The summed E-state index contributed by atoms with van der Waals surface area (Å²) in [6, 6.07) is 0.223. The predicted octanol–water partition coefficient (Wildman–Crippen LogP) is 0.788. The summed E-state index contributed by atoms with van der Waals surface area (Å²) in [5, 5.41) is 3.30. The molecule has 1 rings (SSSR count). The maximum atomic E-state index is 11.6. The van der Waals surface area contributed by atoms with Crippen LogP contribution >= 0.6 is 0 Å². The number of hydrogen-bond donors (Lipinski definition) is 2. The van der Waals surface area contributed by atoms with Gasteiger partial charge in [-0.15, -0.1) is 5.06 Å². The summed E-state index contributed by atoms with van der Waals surface area (Å²) >= 11 is 0. The Bertz CT molecular complexity index is 451. The number of hydroxylamine groups is 2. The monoisotopic (exact) mass is 341 g/mol. The van der Waals surface area contributed by atoms with Crippen molar-refractivity contribution in [3.63, 3.8) is 0 Å². The molecule has 8 heteroatoms. The van der Waals surface area contributed by atoms with Crippen LogP contribution in [0, 0.1) is 0 Å². The first-order valence-corrected chi connectivity index (χ1v) is 8.53. The number of carbonyl (C=O) groups excluding carboxylic acids is 4. The lowest BCUT2D eigenvalue weighted by Crippen LogP contribution is -2.32. The highest BCUT2D eigenvalue weighted by Gasteiger charge is 2.32. The van der Waals surface area contributed by atoms with Crippen LogP contribution < -0.4 is 11.1 Å². The second-order valence-corrected chi connectivity index (χ2v) is 5.91.